The number of unbranched alkanes of at least 4 members (excludes halogenated alkanes) is 1. The van der Waals surface area contributed by atoms with Crippen molar-refractivity contribution in [2.24, 2.45) is 16.7 Å². The summed E-state index contributed by atoms with van der Waals surface area (Å²) in [5.74, 6) is -2.50. The monoisotopic (exact) mass is 765 g/mol. The fraction of sp³-hybridized carbons (Fsp3) is 0.872. The number of urea groups is 1. The number of piperidine rings is 1. The van der Waals surface area contributed by atoms with Crippen LogP contribution in [0, 0.1) is 16.7 Å². The number of hydrogen-bond donors (Lipinski definition) is 4. The Morgan fingerprint density at radius 1 is 0.925 bits per heavy atom. The first-order valence-corrected chi connectivity index (χ1v) is 21.6. The minimum atomic E-state index is -3.63. The van der Waals surface area contributed by atoms with E-state index in [1.165, 1.54) is 4.90 Å². The van der Waals surface area contributed by atoms with Gasteiger partial charge in [-0.1, -0.05) is 80.6 Å². The highest BCUT2D eigenvalue weighted by Gasteiger charge is 2.50. The lowest BCUT2D eigenvalue weighted by atomic mass is 9.71. The molecule has 2 heterocycles. The molecule has 4 N–H and O–H groups in total. The summed E-state index contributed by atoms with van der Waals surface area (Å²) < 4.78 is 32.4. The van der Waals surface area contributed by atoms with E-state index >= 15 is 0 Å². The van der Waals surface area contributed by atoms with Gasteiger partial charge in [-0.25, -0.2) is 13.2 Å². The van der Waals surface area contributed by atoms with E-state index in [4.69, 9.17) is 4.74 Å². The summed E-state index contributed by atoms with van der Waals surface area (Å²) in [6, 6.07) is -3.64. The molecule has 5 amide bonds. The van der Waals surface area contributed by atoms with E-state index in [2.05, 4.69) is 21.3 Å². The van der Waals surface area contributed by atoms with E-state index in [0.29, 0.717) is 58.2 Å². The molecule has 13 nitrogen and oxygen atoms in total. The van der Waals surface area contributed by atoms with Crippen LogP contribution in [-0.2, 0) is 33.8 Å². The molecule has 2 saturated heterocycles. The van der Waals surface area contributed by atoms with Crippen molar-refractivity contribution in [1.29, 1.82) is 0 Å². The van der Waals surface area contributed by atoms with Crippen molar-refractivity contribution >= 4 is 39.4 Å². The van der Waals surface area contributed by atoms with Crippen LogP contribution in [0.3, 0.4) is 0 Å². The van der Waals surface area contributed by atoms with Crippen LogP contribution < -0.4 is 21.3 Å². The maximum Gasteiger partial charge on any atom is 0.315 e. The number of amides is 5. The van der Waals surface area contributed by atoms with Crippen LogP contribution in [0.15, 0.2) is 0 Å². The van der Waals surface area contributed by atoms with Crippen molar-refractivity contribution in [3.8, 4) is 0 Å². The second-order valence-corrected chi connectivity index (χ2v) is 21.0. The minimum absolute atomic E-state index is 0.00516. The van der Waals surface area contributed by atoms with Gasteiger partial charge >= 0.3 is 6.03 Å². The number of nitrogens with one attached hydrogen (secondary N) is 4. The zero-order valence-corrected chi connectivity index (χ0v) is 34.3. The van der Waals surface area contributed by atoms with E-state index < -0.39 is 73.2 Å². The van der Waals surface area contributed by atoms with Crippen molar-refractivity contribution in [3.63, 3.8) is 0 Å². The van der Waals surface area contributed by atoms with Gasteiger partial charge in [0.1, 0.15) is 12.1 Å². The Labute approximate surface area is 317 Å². The molecule has 4 rings (SSSR count). The second-order valence-electron chi connectivity index (χ2n) is 18.5. The minimum Gasteiger partial charge on any atom is -0.381 e. The first-order chi connectivity index (χ1) is 24.6. The molecule has 0 aromatic carbocycles. The van der Waals surface area contributed by atoms with Crippen LogP contribution >= 0.6 is 0 Å². The SMILES string of the molecule is CCCC[C@H](NC(=O)[C@@H]1CC(C)(C)C(C)CN1C(=O)[C@@H](NC(=O)NC1(CS(=O)(=O)C2(C)CCOCC2)CCCCC1)C(C)(C)C)C(=O)C(=O)NC1CC1. The number of ether oxygens (including phenoxy) is 1. The number of carbonyl (C=O) groups excluding carboxylic acids is 5. The van der Waals surface area contributed by atoms with Crippen LogP contribution in [0.2, 0.25) is 0 Å². The molecule has 0 radical (unpaired) electrons. The topological polar surface area (TPSA) is 180 Å². The van der Waals surface area contributed by atoms with E-state index in [1.54, 1.807) is 6.92 Å². The molecule has 4 atom stereocenters. The Morgan fingerprint density at radius 3 is 2.11 bits per heavy atom. The summed E-state index contributed by atoms with van der Waals surface area (Å²) in [6.45, 7) is 16.4. The van der Waals surface area contributed by atoms with Crippen molar-refractivity contribution in [1.82, 2.24) is 26.2 Å². The molecule has 4 aliphatic rings. The van der Waals surface area contributed by atoms with Crippen LogP contribution in [0.25, 0.3) is 0 Å². The smallest absolute Gasteiger partial charge is 0.315 e. The van der Waals surface area contributed by atoms with Gasteiger partial charge < -0.3 is 30.9 Å². The lowest BCUT2D eigenvalue weighted by molar-refractivity contribution is -0.151. The third-order valence-corrected chi connectivity index (χ3v) is 15.3. The molecule has 14 heteroatoms. The Morgan fingerprint density at radius 2 is 1.55 bits per heavy atom. The Kier molecular flexibility index (Phi) is 13.8. The lowest BCUT2D eigenvalue weighted by Gasteiger charge is -2.49. The standard InChI is InChI=1S/C39H67N5O8S/c1-9-10-14-28(30(45)33(47)40-27-15-16-27)41-32(46)29-23-37(6,7)26(2)24-44(29)34(48)31(36(3,4)5)42-35(49)43-39(17-12-11-13-18-39)25-53(50,51)38(8)19-21-52-22-20-38/h26-29,31H,9-25H2,1-8H3,(H,40,47)(H,41,46)(H2,42,43,49)/t26?,28-,29-,31+/m0/s1. The molecular weight excluding hydrogens is 699 g/mol. The Bertz CT molecular complexity index is 1460. The summed E-state index contributed by atoms with van der Waals surface area (Å²) >= 11 is 0. The van der Waals surface area contributed by atoms with Gasteiger partial charge in [0.25, 0.3) is 5.91 Å². The van der Waals surface area contributed by atoms with Gasteiger partial charge in [-0.2, -0.15) is 0 Å². The van der Waals surface area contributed by atoms with Crippen molar-refractivity contribution in [2.45, 2.75) is 173 Å². The van der Waals surface area contributed by atoms with Crippen LogP contribution in [0.4, 0.5) is 4.79 Å². The summed E-state index contributed by atoms with van der Waals surface area (Å²) in [5.41, 5.74) is -2.09. The fourth-order valence-electron chi connectivity index (χ4n) is 7.95. The third kappa shape index (κ3) is 10.7. The highest BCUT2D eigenvalue weighted by atomic mass is 32.2. The molecule has 302 valence electrons. The maximum absolute atomic E-state index is 14.7. The Balaban J connectivity index is 1.56. The van der Waals surface area contributed by atoms with Crippen molar-refractivity contribution < 1.29 is 37.1 Å². The summed E-state index contributed by atoms with van der Waals surface area (Å²) in [6.07, 6.45) is 8.01. The molecule has 2 aliphatic heterocycles. The van der Waals surface area contributed by atoms with E-state index in [-0.39, 0.29) is 29.7 Å². The van der Waals surface area contributed by atoms with Gasteiger partial charge in [-0.05, 0) is 75.0 Å². The molecule has 0 bridgehead atoms. The van der Waals surface area contributed by atoms with E-state index in [0.717, 1.165) is 38.5 Å². The summed E-state index contributed by atoms with van der Waals surface area (Å²) in [4.78, 5) is 70.4. The fourth-order valence-corrected chi connectivity index (χ4v) is 10.2. The number of nitrogens with zero attached hydrogens (tertiary/aromatic N) is 1. The lowest BCUT2D eigenvalue weighted by Crippen LogP contribution is -2.66. The van der Waals surface area contributed by atoms with Gasteiger partial charge in [0.05, 0.1) is 22.1 Å². The first-order valence-electron chi connectivity index (χ1n) is 20.0. The zero-order chi connectivity index (χ0) is 39.4. The largest absolute Gasteiger partial charge is 0.381 e. The quantitative estimate of drug-likeness (QED) is 0.190. The molecule has 2 saturated carbocycles. The highest BCUT2D eigenvalue weighted by molar-refractivity contribution is 7.92. The van der Waals surface area contributed by atoms with Gasteiger partial charge in [-0.15, -0.1) is 0 Å². The first kappa shape index (κ1) is 43.0. The number of rotatable bonds is 14. The Hall–Kier alpha value is -2.74. The molecule has 2 aliphatic carbocycles. The van der Waals surface area contributed by atoms with Crippen LogP contribution in [-0.4, -0.2) is 103 Å². The average Bonchev–Trinajstić information content (AvgIpc) is 3.89. The number of carbonyl (C=O) groups is 5. The molecule has 0 spiro atoms. The molecule has 0 aromatic heterocycles. The summed E-state index contributed by atoms with van der Waals surface area (Å²) in [7, 11) is -3.63. The third-order valence-electron chi connectivity index (χ3n) is 12.4. The normalized spacial score (nSPS) is 25.3. The predicted octanol–water partition coefficient (Wildman–Crippen LogP) is 4.17. The predicted molar refractivity (Wildman–Crippen MR) is 204 cm³/mol. The van der Waals surface area contributed by atoms with Gasteiger partial charge in [0.2, 0.25) is 17.6 Å². The molecule has 53 heavy (non-hydrogen) atoms. The van der Waals surface area contributed by atoms with Crippen LogP contribution in [0.5, 0.6) is 0 Å². The van der Waals surface area contributed by atoms with Crippen molar-refractivity contribution in [3.05, 3.63) is 0 Å². The number of ketones is 1. The number of Topliss-reactive ketones (excluding diaryl/α,β-unsaturated/α-hetero) is 1. The highest BCUT2D eigenvalue weighted by Crippen LogP contribution is 2.40. The molecule has 4 fully saturated rings. The molecular formula is C39H67N5O8S. The number of hydrogen-bond acceptors (Lipinski definition) is 8. The number of sulfone groups is 1. The van der Waals surface area contributed by atoms with Crippen LogP contribution in [0.1, 0.15) is 139 Å². The zero-order valence-electron chi connectivity index (χ0n) is 33.5. The van der Waals surface area contributed by atoms with E-state index in [1.807, 2.05) is 48.5 Å². The number of likely N-dealkylation sites (tertiary alicyclic amines) is 1. The van der Waals surface area contributed by atoms with Gasteiger partial charge in [0.15, 0.2) is 9.84 Å². The van der Waals surface area contributed by atoms with Gasteiger partial charge in [0, 0.05) is 25.8 Å². The average molecular weight is 766 g/mol. The second kappa shape index (κ2) is 17.0. The molecule has 0 aromatic rings. The van der Waals surface area contributed by atoms with Crippen molar-refractivity contribution in [2.75, 3.05) is 25.5 Å². The maximum atomic E-state index is 14.7. The molecule has 1 unspecified atom stereocenters. The van der Waals surface area contributed by atoms with Gasteiger partial charge in [-0.3, -0.25) is 19.2 Å². The summed E-state index contributed by atoms with van der Waals surface area (Å²) in [5, 5.41) is 11.6. The van der Waals surface area contributed by atoms with E-state index in [9.17, 15) is 32.4 Å².